The second-order valence-electron chi connectivity index (χ2n) is 7.58. The van der Waals surface area contributed by atoms with Gasteiger partial charge >= 0.3 is 0 Å². The van der Waals surface area contributed by atoms with E-state index in [4.69, 9.17) is 15.2 Å². The summed E-state index contributed by atoms with van der Waals surface area (Å²) in [5.74, 6) is 2.01. The number of nitrogens with zero attached hydrogens (tertiary/aromatic N) is 2. The molecule has 0 spiro atoms. The van der Waals surface area contributed by atoms with E-state index in [-0.39, 0.29) is 5.88 Å². The lowest BCUT2D eigenvalue weighted by molar-refractivity contribution is 0.0997. The Morgan fingerprint density at radius 1 is 1.03 bits per heavy atom. The van der Waals surface area contributed by atoms with Crippen molar-refractivity contribution in [3.63, 3.8) is 0 Å². The first kappa shape index (κ1) is 19.9. The Morgan fingerprint density at radius 3 is 2.37 bits per heavy atom. The monoisotopic (exact) mass is 403 g/mol. The molecule has 1 aromatic heterocycles. The molecule has 1 fully saturated rings. The molecule has 154 valence electrons. The molecule has 2 aromatic carbocycles. The summed E-state index contributed by atoms with van der Waals surface area (Å²) in [5.41, 5.74) is 6.93. The van der Waals surface area contributed by atoms with Gasteiger partial charge in [-0.25, -0.2) is 4.98 Å². The van der Waals surface area contributed by atoms with Crippen molar-refractivity contribution in [1.82, 2.24) is 9.88 Å². The van der Waals surface area contributed by atoms with Crippen molar-refractivity contribution in [2.24, 2.45) is 5.73 Å². The number of ether oxygens (including phenoxy) is 2. The van der Waals surface area contributed by atoms with Crippen LogP contribution in [0.1, 0.15) is 34.7 Å². The third kappa shape index (κ3) is 4.78. The van der Waals surface area contributed by atoms with E-state index in [1.165, 1.54) is 0 Å². The van der Waals surface area contributed by atoms with Gasteiger partial charge in [0.15, 0.2) is 0 Å². The number of carbonyl (C=O) groups is 1. The number of pyridine rings is 1. The van der Waals surface area contributed by atoms with Crippen LogP contribution >= 0.6 is 0 Å². The molecule has 1 saturated heterocycles. The summed E-state index contributed by atoms with van der Waals surface area (Å²) in [7, 11) is 2.11. The lowest BCUT2D eigenvalue weighted by Crippen LogP contribution is -2.31. The van der Waals surface area contributed by atoms with Gasteiger partial charge in [0.1, 0.15) is 22.8 Å². The Balaban J connectivity index is 1.50. The minimum Gasteiger partial charge on any atom is -0.457 e. The van der Waals surface area contributed by atoms with Crippen LogP contribution in [-0.4, -0.2) is 35.9 Å². The molecule has 3 aromatic rings. The SMILES string of the molecule is CN1CCCC(c2cnc(Oc3ccc(Oc4ccccc4)cc3)c(C(N)=O)c2)C1. The number of nitrogens with two attached hydrogens (primary N) is 1. The first-order valence-corrected chi connectivity index (χ1v) is 10.1. The second-order valence-corrected chi connectivity index (χ2v) is 7.58. The minimum absolute atomic E-state index is 0.215. The van der Waals surface area contributed by atoms with Crippen LogP contribution in [0.4, 0.5) is 0 Å². The third-order valence-corrected chi connectivity index (χ3v) is 5.25. The molecule has 1 aliphatic heterocycles. The van der Waals surface area contributed by atoms with E-state index in [2.05, 4.69) is 16.9 Å². The van der Waals surface area contributed by atoms with Crippen molar-refractivity contribution in [3.8, 4) is 23.1 Å². The number of para-hydroxylation sites is 1. The van der Waals surface area contributed by atoms with Gasteiger partial charge in [-0.05, 0) is 80.4 Å². The molecular weight excluding hydrogens is 378 g/mol. The molecule has 1 atom stereocenters. The van der Waals surface area contributed by atoms with Gasteiger partial charge in [0.05, 0.1) is 0 Å². The van der Waals surface area contributed by atoms with Gasteiger partial charge in [-0.15, -0.1) is 0 Å². The predicted molar refractivity (Wildman–Crippen MR) is 115 cm³/mol. The predicted octanol–water partition coefficient (Wildman–Crippen LogP) is 4.57. The number of benzene rings is 2. The zero-order chi connectivity index (χ0) is 20.9. The average molecular weight is 403 g/mol. The zero-order valence-corrected chi connectivity index (χ0v) is 17.0. The maximum Gasteiger partial charge on any atom is 0.254 e. The Labute approximate surface area is 176 Å². The topological polar surface area (TPSA) is 77.7 Å². The summed E-state index contributed by atoms with van der Waals surface area (Å²) in [6.07, 6.45) is 3.99. The normalized spacial score (nSPS) is 16.8. The van der Waals surface area contributed by atoms with Crippen LogP contribution in [0.3, 0.4) is 0 Å². The van der Waals surface area contributed by atoms with Crippen LogP contribution in [0.5, 0.6) is 23.1 Å². The quantitative estimate of drug-likeness (QED) is 0.652. The number of likely N-dealkylation sites (tertiary alicyclic amines) is 1. The van der Waals surface area contributed by atoms with E-state index in [1.807, 2.05) is 36.4 Å². The third-order valence-electron chi connectivity index (χ3n) is 5.25. The number of piperidine rings is 1. The summed E-state index contributed by atoms with van der Waals surface area (Å²) in [6.45, 7) is 2.04. The van der Waals surface area contributed by atoms with Crippen LogP contribution in [0.2, 0.25) is 0 Å². The van der Waals surface area contributed by atoms with E-state index in [9.17, 15) is 4.79 Å². The Morgan fingerprint density at radius 2 is 1.70 bits per heavy atom. The highest BCUT2D eigenvalue weighted by atomic mass is 16.5. The molecule has 1 amide bonds. The molecule has 2 N–H and O–H groups in total. The smallest absolute Gasteiger partial charge is 0.254 e. The first-order valence-electron chi connectivity index (χ1n) is 10.1. The minimum atomic E-state index is -0.549. The number of primary amides is 1. The van der Waals surface area contributed by atoms with Crippen molar-refractivity contribution < 1.29 is 14.3 Å². The summed E-state index contributed by atoms with van der Waals surface area (Å²) in [6, 6.07) is 18.5. The highest BCUT2D eigenvalue weighted by molar-refractivity contribution is 5.95. The maximum absolute atomic E-state index is 12.0. The molecule has 2 heterocycles. The van der Waals surface area contributed by atoms with Crippen molar-refractivity contribution in [1.29, 1.82) is 0 Å². The number of rotatable bonds is 6. The molecule has 0 bridgehead atoms. The number of amides is 1. The molecule has 6 nitrogen and oxygen atoms in total. The first-order chi connectivity index (χ1) is 14.6. The number of aromatic nitrogens is 1. The lowest BCUT2D eigenvalue weighted by atomic mass is 9.91. The molecule has 1 unspecified atom stereocenters. The molecule has 6 heteroatoms. The molecule has 0 saturated carbocycles. The van der Waals surface area contributed by atoms with Gasteiger partial charge in [0, 0.05) is 12.7 Å². The van der Waals surface area contributed by atoms with E-state index < -0.39 is 5.91 Å². The Kier molecular flexibility index (Phi) is 5.95. The fraction of sp³-hybridized carbons (Fsp3) is 0.250. The zero-order valence-electron chi connectivity index (χ0n) is 17.0. The van der Waals surface area contributed by atoms with Gasteiger partial charge in [-0.1, -0.05) is 18.2 Å². The van der Waals surface area contributed by atoms with Crippen molar-refractivity contribution in [2.45, 2.75) is 18.8 Å². The van der Waals surface area contributed by atoms with Gasteiger partial charge in [-0.3, -0.25) is 4.79 Å². The van der Waals surface area contributed by atoms with E-state index in [0.717, 1.165) is 37.2 Å². The summed E-state index contributed by atoms with van der Waals surface area (Å²) in [5, 5.41) is 0. The van der Waals surface area contributed by atoms with Gasteiger partial charge in [0.2, 0.25) is 5.88 Å². The highest BCUT2D eigenvalue weighted by Crippen LogP contribution is 2.31. The summed E-state index contributed by atoms with van der Waals surface area (Å²) >= 11 is 0. The van der Waals surface area contributed by atoms with Crippen LogP contribution in [0.25, 0.3) is 0 Å². The van der Waals surface area contributed by atoms with Crippen molar-refractivity contribution in [2.75, 3.05) is 20.1 Å². The molecule has 0 radical (unpaired) electrons. The number of likely N-dealkylation sites (N-methyl/N-ethyl adjacent to an activating group) is 1. The van der Waals surface area contributed by atoms with E-state index in [1.54, 1.807) is 30.5 Å². The van der Waals surface area contributed by atoms with Gasteiger partial charge in [0.25, 0.3) is 5.91 Å². The Hall–Kier alpha value is -3.38. The van der Waals surface area contributed by atoms with Crippen molar-refractivity contribution in [3.05, 3.63) is 78.0 Å². The van der Waals surface area contributed by atoms with Gasteiger partial charge < -0.3 is 20.1 Å². The largest absolute Gasteiger partial charge is 0.457 e. The van der Waals surface area contributed by atoms with E-state index in [0.29, 0.717) is 23.0 Å². The standard InChI is InChI=1S/C24H25N3O3/c1-27-13-5-6-17(16-27)18-14-22(23(25)28)24(26-15-18)30-21-11-9-20(10-12-21)29-19-7-3-2-4-8-19/h2-4,7-12,14-15,17H,5-6,13,16H2,1H3,(H2,25,28). The van der Waals surface area contributed by atoms with Crippen LogP contribution in [-0.2, 0) is 0 Å². The van der Waals surface area contributed by atoms with E-state index >= 15 is 0 Å². The highest BCUT2D eigenvalue weighted by Gasteiger charge is 2.22. The fourth-order valence-electron chi connectivity index (χ4n) is 3.70. The molecule has 0 aliphatic carbocycles. The average Bonchev–Trinajstić information content (AvgIpc) is 2.76. The van der Waals surface area contributed by atoms with Crippen LogP contribution in [0.15, 0.2) is 66.9 Å². The molecule has 1 aliphatic rings. The lowest BCUT2D eigenvalue weighted by Gasteiger charge is -2.30. The summed E-state index contributed by atoms with van der Waals surface area (Å²) < 4.78 is 11.6. The number of hydrogen-bond donors (Lipinski definition) is 1. The molecule has 4 rings (SSSR count). The maximum atomic E-state index is 12.0. The van der Waals surface area contributed by atoms with Crippen LogP contribution in [0, 0.1) is 0 Å². The van der Waals surface area contributed by atoms with Crippen molar-refractivity contribution >= 4 is 5.91 Å². The van der Waals surface area contributed by atoms with Crippen LogP contribution < -0.4 is 15.2 Å². The number of carbonyl (C=O) groups excluding carboxylic acids is 1. The number of hydrogen-bond acceptors (Lipinski definition) is 5. The molecule has 30 heavy (non-hydrogen) atoms. The fourth-order valence-corrected chi connectivity index (χ4v) is 3.70. The summed E-state index contributed by atoms with van der Waals surface area (Å²) in [4.78, 5) is 18.7. The second kappa shape index (κ2) is 8.97. The molecular formula is C24H25N3O3. The Bertz CT molecular complexity index is 1010. The van der Waals surface area contributed by atoms with Gasteiger partial charge in [-0.2, -0.15) is 0 Å².